The Morgan fingerprint density at radius 3 is 2.81 bits per heavy atom. The van der Waals surface area contributed by atoms with Crippen molar-refractivity contribution in [1.82, 2.24) is 0 Å². The average Bonchev–Trinajstić information content (AvgIpc) is 2.21. The molecule has 3 nitrogen and oxygen atoms in total. The topological polar surface area (TPSA) is 52.3 Å². The number of anilines is 1. The van der Waals surface area contributed by atoms with Crippen molar-refractivity contribution < 1.29 is 8.95 Å². The summed E-state index contributed by atoms with van der Waals surface area (Å²) in [6.45, 7) is 4.34. The van der Waals surface area contributed by atoms with Crippen LogP contribution in [0.3, 0.4) is 0 Å². The quantitative estimate of drug-likeness (QED) is 0.829. The minimum absolute atomic E-state index is 0.147. The van der Waals surface area contributed by atoms with Crippen LogP contribution in [0, 0.1) is 0 Å². The summed E-state index contributed by atoms with van der Waals surface area (Å²) in [5.74, 6) is 0.433. The van der Waals surface area contributed by atoms with Crippen LogP contribution in [0.2, 0.25) is 5.02 Å². The summed E-state index contributed by atoms with van der Waals surface area (Å²) < 4.78 is 17.2. The molecule has 0 radical (unpaired) electrons. The Bertz CT molecular complexity index is 382. The van der Waals surface area contributed by atoms with E-state index in [1.807, 2.05) is 13.8 Å². The third kappa shape index (κ3) is 4.12. The van der Waals surface area contributed by atoms with Gasteiger partial charge >= 0.3 is 0 Å². The second-order valence-corrected chi connectivity index (χ2v) is 5.63. The van der Waals surface area contributed by atoms with Gasteiger partial charge in [0.25, 0.3) is 0 Å². The molecule has 0 aliphatic rings. The highest BCUT2D eigenvalue weighted by Crippen LogP contribution is 2.21. The molecule has 0 aliphatic heterocycles. The second kappa shape index (κ2) is 6.23. The third-order valence-corrected chi connectivity index (χ3v) is 3.56. The summed E-state index contributed by atoms with van der Waals surface area (Å²) in [4.78, 5) is 0.583. The van der Waals surface area contributed by atoms with Crippen molar-refractivity contribution in [3.63, 3.8) is 0 Å². The fourth-order valence-corrected chi connectivity index (χ4v) is 2.47. The van der Waals surface area contributed by atoms with Gasteiger partial charge in [-0.05, 0) is 32.0 Å². The number of nitrogens with two attached hydrogens (primary N) is 1. The first-order chi connectivity index (χ1) is 7.50. The average molecular weight is 262 g/mol. The molecule has 0 aliphatic carbocycles. The monoisotopic (exact) mass is 261 g/mol. The van der Waals surface area contributed by atoms with Gasteiger partial charge in [0.1, 0.15) is 0 Å². The van der Waals surface area contributed by atoms with Crippen LogP contribution in [-0.4, -0.2) is 22.7 Å². The SMILES string of the molecule is CC(C)OCCS(=O)c1cc(Cl)ccc1N. The molecule has 0 aromatic heterocycles. The summed E-state index contributed by atoms with van der Waals surface area (Å²) in [5, 5.41) is 0.544. The maximum atomic E-state index is 11.9. The van der Waals surface area contributed by atoms with E-state index in [1.54, 1.807) is 18.2 Å². The number of benzene rings is 1. The van der Waals surface area contributed by atoms with Crippen molar-refractivity contribution in [3.8, 4) is 0 Å². The zero-order chi connectivity index (χ0) is 12.1. The summed E-state index contributed by atoms with van der Waals surface area (Å²) in [7, 11) is -1.16. The van der Waals surface area contributed by atoms with Gasteiger partial charge in [-0.2, -0.15) is 0 Å². The lowest BCUT2D eigenvalue weighted by Gasteiger charge is -2.08. The zero-order valence-electron chi connectivity index (χ0n) is 9.40. The Labute approximate surface area is 103 Å². The highest BCUT2D eigenvalue weighted by Gasteiger charge is 2.09. The molecule has 1 unspecified atom stereocenters. The van der Waals surface area contributed by atoms with Crippen LogP contribution in [0.1, 0.15) is 13.8 Å². The lowest BCUT2D eigenvalue weighted by molar-refractivity contribution is 0.0916. The van der Waals surface area contributed by atoms with Crippen LogP contribution in [-0.2, 0) is 15.5 Å². The smallest absolute Gasteiger partial charge is 0.0633 e. The molecule has 1 atom stereocenters. The number of nitrogen functional groups attached to an aromatic ring is 1. The van der Waals surface area contributed by atoms with Gasteiger partial charge in [0.2, 0.25) is 0 Å². The molecule has 0 saturated carbocycles. The van der Waals surface area contributed by atoms with E-state index in [0.717, 1.165) is 0 Å². The van der Waals surface area contributed by atoms with Crippen molar-refractivity contribution >= 4 is 28.1 Å². The molecule has 90 valence electrons. The lowest BCUT2D eigenvalue weighted by Crippen LogP contribution is -2.11. The molecular weight excluding hydrogens is 246 g/mol. The van der Waals surface area contributed by atoms with Crippen molar-refractivity contribution in [1.29, 1.82) is 0 Å². The highest BCUT2D eigenvalue weighted by atomic mass is 35.5. The largest absolute Gasteiger partial charge is 0.398 e. The van der Waals surface area contributed by atoms with Gasteiger partial charge in [-0.1, -0.05) is 11.6 Å². The van der Waals surface area contributed by atoms with Gasteiger partial charge < -0.3 is 10.5 Å². The first kappa shape index (κ1) is 13.5. The Morgan fingerprint density at radius 1 is 1.50 bits per heavy atom. The van der Waals surface area contributed by atoms with E-state index in [9.17, 15) is 4.21 Å². The van der Waals surface area contributed by atoms with Crippen LogP contribution in [0.15, 0.2) is 23.1 Å². The lowest BCUT2D eigenvalue weighted by atomic mass is 10.3. The Balaban J connectivity index is 2.62. The van der Waals surface area contributed by atoms with Crippen molar-refractivity contribution in [2.45, 2.75) is 24.8 Å². The summed E-state index contributed by atoms with van der Waals surface area (Å²) in [6, 6.07) is 4.99. The molecule has 16 heavy (non-hydrogen) atoms. The van der Waals surface area contributed by atoms with Crippen LogP contribution in [0.5, 0.6) is 0 Å². The number of hydrogen-bond donors (Lipinski definition) is 1. The fraction of sp³-hybridized carbons (Fsp3) is 0.455. The predicted molar refractivity (Wildman–Crippen MR) is 68.2 cm³/mol. The Morgan fingerprint density at radius 2 is 2.19 bits per heavy atom. The molecule has 2 N–H and O–H groups in total. The minimum atomic E-state index is -1.16. The fourth-order valence-electron chi connectivity index (χ4n) is 1.17. The maximum Gasteiger partial charge on any atom is 0.0633 e. The first-order valence-electron chi connectivity index (χ1n) is 5.05. The molecule has 0 heterocycles. The molecule has 0 saturated heterocycles. The van der Waals surface area contributed by atoms with Crippen molar-refractivity contribution in [2.75, 3.05) is 18.1 Å². The van der Waals surface area contributed by atoms with Gasteiger partial charge in [0.05, 0.1) is 34.2 Å². The first-order valence-corrected chi connectivity index (χ1v) is 6.75. The van der Waals surface area contributed by atoms with Crippen molar-refractivity contribution in [3.05, 3.63) is 23.2 Å². The Hall–Kier alpha value is -0.580. The molecule has 0 fully saturated rings. The van der Waals surface area contributed by atoms with Gasteiger partial charge in [-0.15, -0.1) is 0 Å². The normalized spacial score (nSPS) is 13.0. The molecule has 1 aromatic rings. The van der Waals surface area contributed by atoms with Crippen LogP contribution in [0.4, 0.5) is 5.69 Å². The van der Waals surface area contributed by atoms with E-state index in [0.29, 0.717) is 28.0 Å². The summed E-state index contributed by atoms with van der Waals surface area (Å²) in [6.07, 6.45) is 0.147. The summed E-state index contributed by atoms with van der Waals surface area (Å²) in [5.41, 5.74) is 6.24. The molecular formula is C11H16ClNO2S. The van der Waals surface area contributed by atoms with Gasteiger partial charge in [-0.25, -0.2) is 0 Å². The van der Waals surface area contributed by atoms with E-state index in [4.69, 9.17) is 22.1 Å². The zero-order valence-corrected chi connectivity index (χ0v) is 11.0. The maximum absolute atomic E-state index is 11.9. The third-order valence-electron chi connectivity index (χ3n) is 1.94. The van der Waals surface area contributed by atoms with E-state index in [2.05, 4.69) is 0 Å². The van der Waals surface area contributed by atoms with Crippen LogP contribution in [0.25, 0.3) is 0 Å². The molecule has 5 heteroatoms. The second-order valence-electron chi connectivity index (χ2n) is 3.65. The van der Waals surface area contributed by atoms with Gasteiger partial charge in [0, 0.05) is 10.7 Å². The standard InChI is InChI=1S/C11H16ClNO2S/c1-8(2)15-5-6-16(14)11-7-9(12)3-4-10(11)13/h3-4,7-8H,5-6,13H2,1-2H3. The number of ether oxygens (including phenoxy) is 1. The van der Waals surface area contributed by atoms with E-state index >= 15 is 0 Å². The number of rotatable bonds is 5. The summed E-state index contributed by atoms with van der Waals surface area (Å²) >= 11 is 5.82. The highest BCUT2D eigenvalue weighted by molar-refractivity contribution is 7.85. The minimum Gasteiger partial charge on any atom is -0.398 e. The van der Waals surface area contributed by atoms with Gasteiger partial charge in [0.15, 0.2) is 0 Å². The number of halogens is 1. The predicted octanol–water partition coefficient (Wildman–Crippen LogP) is 2.45. The molecule has 1 rings (SSSR count). The van der Waals surface area contributed by atoms with E-state index in [1.165, 1.54) is 0 Å². The van der Waals surface area contributed by atoms with E-state index < -0.39 is 10.8 Å². The molecule has 1 aromatic carbocycles. The molecule has 0 bridgehead atoms. The van der Waals surface area contributed by atoms with Crippen molar-refractivity contribution in [2.24, 2.45) is 0 Å². The number of hydrogen-bond acceptors (Lipinski definition) is 3. The van der Waals surface area contributed by atoms with Crippen LogP contribution < -0.4 is 5.73 Å². The molecule has 0 amide bonds. The molecule has 0 spiro atoms. The Kier molecular flexibility index (Phi) is 5.25. The van der Waals surface area contributed by atoms with Gasteiger partial charge in [-0.3, -0.25) is 4.21 Å². The van der Waals surface area contributed by atoms with E-state index in [-0.39, 0.29) is 6.10 Å². The van der Waals surface area contributed by atoms with Crippen LogP contribution >= 0.6 is 11.6 Å².